The third kappa shape index (κ3) is 2.69. The van der Waals surface area contributed by atoms with Crippen molar-refractivity contribution in [2.75, 3.05) is 18.5 Å². The molecule has 0 aromatic carbocycles. The quantitative estimate of drug-likeness (QED) is 0.895. The van der Waals surface area contributed by atoms with E-state index in [0.717, 1.165) is 5.69 Å². The molecule has 22 heavy (non-hydrogen) atoms. The van der Waals surface area contributed by atoms with Gasteiger partial charge in [-0.15, -0.1) is 5.10 Å². The highest BCUT2D eigenvalue weighted by Gasteiger charge is 2.27. The first-order valence-electron chi connectivity index (χ1n) is 7.20. The first kappa shape index (κ1) is 15.6. The molecule has 2 atom stereocenters. The molecular weight excluding hydrogens is 358 g/mol. The molecule has 5 nitrogen and oxygen atoms in total. The lowest BCUT2D eigenvalue weighted by Crippen LogP contribution is -2.39. The van der Waals surface area contributed by atoms with E-state index < -0.39 is 12.2 Å². The summed E-state index contributed by atoms with van der Waals surface area (Å²) in [5.74, 6) is -0.0257. The monoisotopic (exact) mass is 374 g/mol. The number of hydrogen-bond donors (Lipinski definition) is 1. The minimum Gasteiger partial charge on any atom is -0.378 e. The van der Waals surface area contributed by atoms with Crippen molar-refractivity contribution < 1.29 is 13.5 Å². The Kier molecular flexibility index (Phi) is 4.31. The molecule has 0 saturated carbocycles. The number of halogens is 3. The molecule has 0 unspecified atom stereocenters. The minimum atomic E-state index is -1.11. The number of rotatable bonds is 3. The summed E-state index contributed by atoms with van der Waals surface area (Å²) in [7, 11) is 0. The Bertz CT molecular complexity index is 691. The second-order valence-corrected chi connectivity index (χ2v) is 6.47. The Hall–Kier alpha value is -1.28. The second-order valence-electron chi connectivity index (χ2n) is 5.68. The third-order valence-corrected chi connectivity index (χ3v) is 4.51. The highest BCUT2D eigenvalue weighted by molar-refractivity contribution is 9.10. The van der Waals surface area contributed by atoms with Crippen LogP contribution in [0.15, 0.2) is 10.7 Å². The van der Waals surface area contributed by atoms with Crippen LogP contribution in [-0.2, 0) is 4.74 Å². The molecule has 1 aliphatic heterocycles. The number of anilines is 1. The Morgan fingerprint density at radius 2 is 2.27 bits per heavy atom. The van der Waals surface area contributed by atoms with E-state index in [1.165, 1.54) is 10.7 Å². The van der Waals surface area contributed by atoms with E-state index in [1.54, 1.807) is 0 Å². The molecule has 0 amide bonds. The summed E-state index contributed by atoms with van der Waals surface area (Å²) in [5.41, 5.74) is 1.02. The molecule has 1 aliphatic rings. The van der Waals surface area contributed by atoms with Gasteiger partial charge in [-0.1, -0.05) is 13.8 Å². The van der Waals surface area contributed by atoms with E-state index in [9.17, 15) is 8.78 Å². The molecule has 0 aliphatic carbocycles. The van der Waals surface area contributed by atoms with Crippen molar-refractivity contribution in [1.82, 2.24) is 14.6 Å². The van der Waals surface area contributed by atoms with Crippen LogP contribution in [0.5, 0.6) is 0 Å². The predicted octanol–water partition coefficient (Wildman–Crippen LogP) is 3.29. The third-order valence-electron chi connectivity index (χ3n) is 3.75. The highest BCUT2D eigenvalue weighted by atomic mass is 79.9. The number of hydrogen-bond acceptors (Lipinski definition) is 4. The van der Waals surface area contributed by atoms with Crippen molar-refractivity contribution in [2.45, 2.75) is 38.4 Å². The maximum Gasteiger partial charge on any atom is 0.241 e. The van der Waals surface area contributed by atoms with Crippen LogP contribution < -0.4 is 5.32 Å². The fourth-order valence-electron chi connectivity index (χ4n) is 2.60. The Morgan fingerprint density at radius 3 is 2.95 bits per heavy atom. The minimum absolute atomic E-state index is 0.0703. The van der Waals surface area contributed by atoms with Gasteiger partial charge in [-0.25, -0.2) is 18.3 Å². The van der Waals surface area contributed by atoms with Crippen molar-refractivity contribution >= 4 is 27.4 Å². The van der Waals surface area contributed by atoms with Crippen LogP contribution in [0.2, 0.25) is 0 Å². The molecule has 2 aromatic rings. The molecule has 120 valence electrons. The van der Waals surface area contributed by atoms with E-state index in [4.69, 9.17) is 4.74 Å². The maximum absolute atomic E-state index is 14.2. The van der Waals surface area contributed by atoms with Crippen LogP contribution >= 0.6 is 15.9 Å². The number of fused-ring (bicyclic) bond motifs is 1. The topological polar surface area (TPSA) is 51.5 Å². The number of alkyl halides is 1. The average Bonchev–Trinajstić information content (AvgIpc) is 2.73. The van der Waals surface area contributed by atoms with Crippen molar-refractivity contribution in [1.29, 1.82) is 0 Å². The van der Waals surface area contributed by atoms with Crippen LogP contribution in [0.25, 0.3) is 5.52 Å². The summed E-state index contributed by atoms with van der Waals surface area (Å²) < 4.78 is 35.0. The van der Waals surface area contributed by atoms with E-state index in [-0.39, 0.29) is 24.3 Å². The van der Waals surface area contributed by atoms with Gasteiger partial charge in [-0.3, -0.25) is 0 Å². The summed E-state index contributed by atoms with van der Waals surface area (Å²) >= 11 is 3.27. The van der Waals surface area contributed by atoms with Gasteiger partial charge in [-0.05, 0) is 28.3 Å². The zero-order valence-electron chi connectivity index (χ0n) is 12.3. The van der Waals surface area contributed by atoms with Crippen LogP contribution in [0, 0.1) is 5.82 Å². The molecule has 0 spiro atoms. The van der Waals surface area contributed by atoms with Crippen LogP contribution in [-0.4, -0.2) is 40.0 Å². The largest absolute Gasteiger partial charge is 0.378 e. The van der Waals surface area contributed by atoms with Gasteiger partial charge in [0, 0.05) is 6.61 Å². The van der Waals surface area contributed by atoms with Crippen molar-refractivity contribution in [2.24, 2.45) is 0 Å². The SMILES string of the molecule is CC(C)c1c(Br)c(F)c2cnc(N[C@@H]3CCOC[C@H]3F)nn12. The molecule has 0 bridgehead atoms. The average molecular weight is 375 g/mol. The number of ether oxygens (including phenoxy) is 1. The van der Waals surface area contributed by atoms with Gasteiger partial charge in [0.05, 0.1) is 29.0 Å². The summed E-state index contributed by atoms with van der Waals surface area (Å²) in [5, 5.41) is 7.31. The predicted molar refractivity (Wildman–Crippen MR) is 82.5 cm³/mol. The van der Waals surface area contributed by atoms with E-state index >= 15 is 0 Å². The number of nitrogens with zero attached hydrogens (tertiary/aromatic N) is 3. The van der Waals surface area contributed by atoms with E-state index in [0.29, 0.717) is 23.0 Å². The summed E-state index contributed by atoms with van der Waals surface area (Å²) in [6, 6.07) is -0.391. The van der Waals surface area contributed by atoms with Gasteiger partial charge in [0.15, 0.2) is 5.82 Å². The standard InChI is InChI=1S/C14H17BrF2N4O/c1-7(2)13-11(15)12(17)10-5-18-14(20-21(10)13)19-9-3-4-22-6-8(9)16/h5,7-9H,3-4,6H2,1-2H3,(H,19,20)/t8-,9-/m1/s1. The second kappa shape index (κ2) is 6.08. The highest BCUT2D eigenvalue weighted by Crippen LogP contribution is 2.31. The van der Waals surface area contributed by atoms with E-state index in [1.807, 2.05) is 13.8 Å². The maximum atomic E-state index is 14.2. The van der Waals surface area contributed by atoms with Crippen LogP contribution in [0.1, 0.15) is 31.9 Å². The van der Waals surface area contributed by atoms with Crippen LogP contribution in [0.3, 0.4) is 0 Å². The molecular formula is C14H17BrF2N4O. The normalized spacial score (nSPS) is 22.5. The molecule has 0 radical (unpaired) electrons. The molecule has 3 heterocycles. The summed E-state index contributed by atoms with van der Waals surface area (Å²) in [6.07, 6.45) is 0.850. The molecule has 2 aromatic heterocycles. The number of aromatic nitrogens is 3. The lowest BCUT2D eigenvalue weighted by atomic mass is 10.1. The van der Waals surface area contributed by atoms with Gasteiger partial charge in [0.1, 0.15) is 11.7 Å². The fraction of sp³-hybridized carbons (Fsp3) is 0.571. The van der Waals surface area contributed by atoms with Gasteiger partial charge < -0.3 is 10.1 Å². The molecule has 3 rings (SSSR count). The molecule has 8 heteroatoms. The molecule has 1 saturated heterocycles. The van der Waals surface area contributed by atoms with Gasteiger partial charge in [-0.2, -0.15) is 0 Å². The van der Waals surface area contributed by atoms with Gasteiger partial charge in [0.25, 0.3) is 0 Å². The number of nitrogens with one attached hydrogen (secondary N) is 1. The smallest absolute Gasteiger partial charge is 0.241 e. The molecule has 1 N–H and O–H groups in total. The van der Waals surface area contributed by atoms with Crippen molar-refractivity contribution in [3.05, 3.63) is 22.2 Å². The summed E-state index contributed by atoms with van der Waals surface area (Å²) in [4.78, 5) is 4.10. The van der Waals surface area contributed by atoms with E-state index in [2.05, 4.69) is 31.3 Å². The zero-order chi connectivity index (χ0) is 15.9. The lowest BCUT2D eigenvalue weighted by Gasteiger charge is -2.26. The lowest BCUT2D eigenvalue weighted by molar-refractivity contribution is 0.0284. The Morgan fingerprint density at radius 1 is 1.50 bits per heavy atom. The van der Waals surface area contributed by atoms with Crippen molar-refractivity contribution in [3.8, 4) is 0 Å². The first-order chi connectivity index (χ1) is 10.5. The van der Waals surface area contributed by atoms with Gasteiger partial charge in [0.2, 0.25) is 5.95 Å². The van der Waals surface area contributed by atoms with Crippen LogP contribution in [0.4, 0.5) is 14.7 Å². The van der Waals surface area contributed by atoms with Gasteiger partial charge >= 0.3 is 0 Å². The summed E-state index contributed by atoms with van der Waals surface area (Å²) in [6.45, 7) is 4.48. The first-order valence-corrected chi connectivity index (χ1v) is 7.99. The zero-order valence-corrected chi connectivity index (χ0v) is 13.9. The fourth-order valence-corrected chi connectivity index (χ4v) is 3.43. The van der Waals surface area contributed by atoms with Crippen molar-refractivity contribution in [3.63, 3.8) is 0 Å². The Labute approximate surface area is 135 Å². The molecule has 1 fully saturated rings. The Balaban J connectivity index is 1.97.